The first-order chi connectivity index (χ1) is 1.41. The van der Waals surface area contributed by atoms with E-state index < -0.39 is 0 Å². The third-order valence-electron chi connectivity index (χ3n) is 0. The molecule has 0 amide bonds. The Morgan fingerprint density at radius 2 is 1.60 bits per heavy atom. The summed E-state index contributed by atoms with van der Waals surface area (Å²) in [5.41, 5.74) is 0. The van der Waals surface area contributed by atoms with Gasteiger partial charge in [0, 0.05) is 0 Å². The smallest absolute Gasteiger partial charge is 1.00 e. The number of halogens is 1. The third kappa shape index (κ3) is 74.7. The summed E-state index contributed by atoms with van der Waals surface area (Å²) in [4.78, 5) is 0. The predicted octanol–water partition coefficient (Wildman–Crippen LogP) is -2.37. The van der Waals surface area contributed by atoms with Gasteiger partial charge in [-0.2, -0.15) is 0 Å². The van der Waals surface area contributed by atoms with Crippen LogP contribution >= 0.6 is 0 Å². The van der Waals surface area contributed by atoms with E-state index in [1.54, 1.807) is 0 Å². The van der Waals surface area contributed by atoms with E-state index in [9.17, 15) is 0 Å². The second kappa shape index (κ2) is 22.6. The molecular formula is C3H5ClMg. The fourth-order valence-corrected chi connectivity index (χ4v) is 0. The van der Waals surface area contributed by atoms with Gasteiger partial charge in [-0.05, 0) is 0 Å². The minimum Gasteiger partial charge on any atom is -1.00 e. The fraction of sp³-hybridized carbons (Fsp3) is 0. The topological polar surface area (TPSA) is 0 Å². The molecule has 0 aromatic carbocycles. The SMILES string of the molecule is C=C[CH2-].[Cl-].[Mg+2]. The predicted molar refractivity (Wildman–Crippen MR) is 21.3 cm³/mol. The van der Waals surface area contributed by atoms with Gasteiger partial charge in [-0.1, -0.05) is 0 Å². The number of allylic oxidation sites excluding steroid dienone is 1. The Labute approximate surface area is 55.2 Å². The molecular weight excluding hydrogens is 95.8 g/mol. The first-order valence-corrected chi connectivity index (χ1v) is 0.816. The quantitative estimate of drug-likeness (QED) is 0.236. The zero-order valence-electron chi connectivity index (χ0n) is 3.08. The van der Waals surface area contributed by atoms with Gasteiger partial charge >= 0.3 is 23.1 Å². The van der Waals surface area contributed by atoms with Gasteiger partial charge in [0.25, 0.3) is 0 Å². The zero-order valence-corrected chi connectivity index (χ0v) is 5.25. The second-order valence-corrected chi connectivity index (χ2v) is 0.289. The van der Waals surface area contributed by atoms with Crippen molar-refractivity contribution >= 4 is 23.1 Å². The normalized spacial score (nSPS) is 2.40. The van der Waals surface area contributed by atoms with Gasteiger partial charge < -0.3 is 12.4 Å². The van der Waals surface area contributed by atoms with Gasteiger partial charge in [-0.25, -0.2) is 19.6 Å². The molecule has 0 rings (SSSR count). The Morgan fingerprint density at radius 1 is 1.60 bits per heavy atom. The van der Waals surface area contributed by atoms with Gasteiger partial charge in [0.05, 0.1) is 0 Å². The van der Waals surface area contributed by atoms with E-state index in [1.807, 2.05) is 0 Å². The first-order valence-electron chi connectivity index (χ1n) is 0.816. The van der Waals surface area contributed by atoms with Crippen LogP contribution in [-0.4, -0.2) is 23.1 Å². The van der Waals surface area contributed by atoms with Crippen molar-refractivity contribution in [1.82, 2.24) is 0 Å². The van der Waals surface area contributed by atoms with Crippen LogP contribution in [0.3, 0.4) is 0 Å². The summed E-state index contributed by atoms with van der Waals surface area (Å²) in [5.74, 6) is 0. The summed E-state index contributed by atoms with van der Waals surface area (Å²) in [7, 11) is 0. The molecule has 0 saturated carbocycles. The van der Waals surface area contributed by atoms with Crippen molar-refractivity contribution in [2.45, 2.75) is 0 Å². The minimum atomic E-state index is 0. The van der Waals surface area contributed by atoms with Gasteiger partial charge in [0.15, 0.2) is 0 Å². The van der Waals surface area contributed by atoms with E-state index in [-0.39, 0.29) is 35.5 Å². The molecule has 5 heavy (non-hydrogen) atoms. The van der Waals surface area contributed by atoms with Crippen LogP contribution in [0.4, 0.5) is 0 Å². The molecule has 0 spiro atoms. The van der Waals surface area contributed by atoms with Crippen molar-refractivity contribution in [3.8, 4) is 0 Å². The van der Waals surface area contributed by atoms with Crippen LogP contribution in [0.1, 0.15) is 0 Å². The molecule has 0 aliphatic carbocycles. The van der Waals surface area contributed by atoms with Crippen LogP contribution in [0.25, 0.3) is 0 Å². The Kier molecular flexibility index (Phi) is 78.4. The van der Waals surface area contributed by atoms with Crippen LogP contribution in [0.5, 0.6) is 0 Å². The van der Waals surface area contributed by atoms with Crippen LogP contribution in [0.15, 0.2) is 12.7 Å². The molecule has 0 unspecified atom stereocenters. The molecule has 0 saturated heterocycles. The van der Waals surface area contributed by atoms with Crippen molar-refractivity contribution in [2.24, 2.45) is 0 Å². The molecule has 0 aliphatic rings. The number of rotatable bonds is 0. The van der Waals surface area contributed by atoms with E-state index in [1.165, 1.54) is 6.08 Å². The molecule has 0 radical (unpaired) electrons. The molecule has 0 aromatic heterocycles. The van der Waals surface area contributed by atoms with E-state index in [4.69, 9.17) is 0 Å². The third-order valence-corrected chi connectivity index (χ3v) is 0. The maximum Gasteiger partial charge on any atom is 2.00 e. The van der Waals surface area contributed by atoms with E-state index >= 15 is 0 Å². The van der Waals surface area contributed by atoms with E-state index in [2.05, 4.69) is 13.5 Å². The van der Waals surface area contributed by atoms with E-state index in [0.29, 0.717) is 0 Å². The summed E-state index contributed by atoms with van der Waals surface area (Å²) >= 11 is 0. The zero-order chi connectivity index (χ0) is 2.71. The molecule has 0 bridgehead atoms. The summed E-state index contributed by atoms with van der Waals surface area (Å²) < 4.78 is 0. The molecule has 0 N–H and O–H groups in total. The average Bonchev–Trinajstić information content (AvgIpc) is 0.918. The van der Waals surface area contributed by atoms with Gasteiger partial charge in [0.1, 0.15) is 0 Å². The van der Waals surface area contributed by atoms with Crippen molar-refractivity contribution in [2.75, 3.05) is 0 Å². The summed E-state index contributed by atoms with van der Waals surface area (Å²) in [6.45, 7) is 6.50. The second-order valence-electron chi connectivity index (χ2n) is 0.289. The Balaban J connectivity index is -0.0000000200. The maximum absolute atomic E-state index is 3.25. The molecule has 0 heterocycles. The van der Waals surface area contributed by atoms with E-state index in [0.717, 1.165) is 0 Å². The summed E-state index contributed by atoms with van der Waals surface area (Å²) in [6.07, 6.45) is 1.50. The monoisotopic (exact) mass is 100.0 g/mol. The summed E-state index contributed by atoms with van der Waals surface area (Å²) in [5, 5.41) is 0. The first kappa shape index (κ1) is 17.4. The molecule has 0 fully saturated rings. The average molecular weight is 101 g/mol. The summed E-state index contributed by atoms with van der Waals surface area (Å²) in [6, 6.07) is 0. The van der Waals surface area contributed by atoms with Gasteiger partial charge in [0.2, 0.25) is 0 Å². The standard InChI is InChI=1S/C3H5.ClH.Mg/c1-3-2;;/h3H,1-2H2;1H;/q-1;;+2/p-1. The Morgan fingerprint density at radius 3 is 1.60 bits per heavy atom. The van der Waals surface area contributed by atoms with Crippen molar-refractivity contribution < 1.29 is 12.4 Å². The fourth-order valence-electron chi connectivity index (χ4n) is 0. The molecule has 26 valence electrons. The maximum atomic E-state index is 3.25. The Hall–Kier alpha value is 0.666. The molecule has 2 heteroatoms. The van der Waals surface area contributed by atoms with Crippen LogP contribution < -0.4 is 12.4 Å². The molecule has 0 nitrogen and oxygen atoms in total. The van der Waals surface area contributed by atoms with Gasteiger partial charge in [-0.3, -0.25) is 0 Å². The number of hydrogen-bond donors (Lipinski definition) is 0. The van der Waals surface area contributed by atoms with Crippen LogP contribution in [-0.2, 0) is 0 Å². The minimum absolute atomic E-state index is 0. The molecule has 0 atom stereocenters. The van der Waals surface area contributed by atoms with Crippen LogP contribution in [0.2, 0.25) is 0 Å². The molecule has 0 aromatic rings. The Bertz CT molecular complexity index is 14.4. The van der Waals surface area contributed by atoms with Crippen molar-refractivity contribution in [3.63, 3.8) is 0 Å². The van der Waals surface area contributed by atoms with Gasteiger partial charge in [-0.15, -0.1) is 0 Å². The van der Waals surface area contributed by atoms with Crippen molar-refractivity contribution in [3.05, 3.63) is 19.6 Å². The number of hydrogen-bond acceptors (Lipinski definition) is 0. The van der Waals surface area contributed by atoms with Crippen LogP contribution in [0, 0.1) is 6.92 Å². The largest absolute Gasteiger partial charge is 2.00 e. The molecule has 0 aliphatic heterocycles. The van der Waals surface area contributed by atoms with Crippen molar-refractivity contribution in [1.29, 1.82) is 0 Å².